The van der Waals surface area contributed by atoms with Gasteiger partial charge in [0.15, 0.2) is 0 Å². The topological polar surface area (TPSA) is 81.1 Å². The molecular formula is C17H19N3O3S. The summed E-state index contributed by atoms with van der Waals surface area (Å²) in [5.41, 5.74) is 1.02. The Balaban J connectivity index is 1.64. The second-order valence-electron chi connectivity index (χ2n) is 5.86. The van der Waals surface area contributed by atoms with Gasteiger partial charge in [0.05, 0.1) is 12.7 Å². The fraction of sp³-hybridized carbons (Fsp3) is 0.294. The van der Waals surface area contributed by atoms with E-state index in [4.69, 9.17) is 0 Å². The molecule has 6 nitrogen and oxygen atoms in total. The van der Waals surface area contributed by atoms with E-state index < -0.39 is 15.9 Å². The quantitative estimate of drug-likeness (QED) is 0.813. The molecule has 0 saturated heterocycles. The third kappa shape index (κ3) is 4.11. The number of carbonyl (C=O) groups is 1. The van der Waals surface area contributed by atoms with Crippen LogP contribution in [0.2, 0.25) is 0 Å². The lowest BCUT2D eigenvalue weighted by atomic mass is 10.1. The largest absolute Gasteiger partial charge is 0.274 e. The van der Waals surface area contributed by atoms with E-state index in [9.17, 15) is 13.2 Å². The van der Waals surface area contributed by atoms with Gasteiger partial charge in [0.1, 0.15) is 4.90 Å². The molecule has 0 aliphatic heterocycles. The molecule has 1 atom stereocenters. The summed E-state index contributed by atoms with van der Waals surface area (Å²) in [6, 6.07) is 9.61. The molecule has 0 spiro atoms. The number of nitrogens with one attached hydrogen (secondary N) is 1. The van der Waals surface area contributed by atoms with Crippen molar-refractivity contribution in [2.45, 2.75) is 30.7 Å². The van der Waals surface area contributed by atoms with Crippen LogP contribution in [0.25, 0.3) is 0 Å². The van der Waals surface area contributed by atoms with Gasteiger partial charge in [0.25, 0.3) is 10.0 Å². The highest BCUT2D eigenvalue weighted by Gasteiger charge is 2.22. The number of allylic oxidation sites excluding steroid dienone is 2. The average Bonchev–Trinajstić information content (AvgIpc) is 3.20. The monoisotopic (exact) mass is 345 g/mol. The minimum absolute atomic E-state index is 0.00579. The fourth-order valence-electron chi connectivity index (χ4n) is 2.69. The first-order valence-corrected chi connectivity index (χ1v) is 9.30. The number of amides is 1. The molecule has 1 amide bonds. The van der Waals surface area contributed by atoms with E-state index in [-0.39, 0.29) is 17.2 Å². The highest BCUT2D eigenvalue weighted by molar-refractivity contribution is 7.90. The number of sulfonamides is 1. The molecule has 0 saturated carbocycles. The summed E-state index contributed by atoms with van der Waals surface area (Å²) in [5, 5.41) is 4.06. The van der Waals surface area contributed by atoms with Gasteiger partial charge in [-0.1, -0.05) is 42.5 Å². The van der Waals surface area contributed by atoms with Crippen molar-refractivity contribution < 1.29 is 13.2 Å². The Morgan fingerprint density at radius 3 is 2.79 bits per heavy atom. The number of hydrogen-bond acceptors (Lipinski definition) is 4. The van der Waals surface area contributed by atoms with E-state index in [0.29, 0.717) is 6.54 Å². The first-order chi connectivity index (χ1) is 11.5. The Kier molecular flexibility index (Phi) is 4.80. The van der Waals surface area contributed by atoms with Crippen molar-refractivity contribution >= 4 is 15.9 Å². The van der Waals surface area contributed by atoms with Crippen LogP contribution >= 0.6 is 0 Å². The zero-order valence-corrected chi connectivity index (χ0v) is 13.9. The second kappa shape index (κ2) is 7.00. The maximum Gasteiger partial charge on any atom is 0.267 e. The number of benzene rings is 1. The summed E-state index contributed by atoms with van der Waals surface area (Å²) in [4.78, 5) is 11.9. The molecule has 7 heteroatoms. The molecule has 1 aliphatic rings. The molecule has 0 fully saturated rings. The van der Waals surface area contributed by atoms with Crippen LogP contribution in [-0.2, 0) is 21.4 Å². The first kappa shape index (κ1) is 16.4. The van der Waals surface area contributed by atoms with Crippen molar-refractivity contribution in [3.63, 3.8) is 0 Å². The molecule has 0 radical (unpaired) electrons. The minimum Gasteiger partial charge on any atom is -0.274 e. The molecule has 1 heterocycles. The smallest absolute Gasteiger partial charge is 0.267 e. The zero-order valence-electron chi connectivity index (χ0n) is 13.1. The van der Waals surface area contributed by atoms with Crippen LogP contribution in [-0.4, -0.2) is 24.1 Å². The lowest BCUT2D eigenvalue weighted by Gasteiger charge is -2.08. The lowest BCUT2D eigenvalue weighted by molar-refractivity contribution is -0.119. The van der Waals surface area contributed by atoms with Crippen LogP contribution in [0.3, 0.4) is 0 Å². The van der Waals surface area contributed by atoms with Crippen LogP contribution < -0.4 is 4.72 Å². The standard InChI is InChI=1S/C17H19N3O3S/c21-17(10-14-6-4-5-7-14)19-24(22,23)16-11-18-20(13-16)12-15-8-2-1-3-9-15/h1-4,6,8-9,11,13-14H,5,7,10,12H2,(H,19,21)/t14-/m1/s1. The van der Waals surface area contributed by atoms with Crippen LogP contribution in [0.5, 0.6) is 0 Å². The summed E-state index contributed by atoms with van der Waals surface area (Å²) in [7, 11) is -3.88. The van der Waals surface area contributed by atoms with Gasteiger partial charge in [-0.25, -0.2) is 13.1 Å². The molecule has 3 rings (SSSR count). The third-order valence-electron chi connectivity index (χ3n) is 3.92. The molecule has 2 aromatic rings. The summed E-state index contributed by atoms with van der Waals surface area (Å²) in [6.45, 7) is 0.469. The molecule has 126 valence electrons. The predicted molar refractivity (Wildman–Crippen MR) is 89.6 cm³/mol. The Labute approximate surface area is 141 Å². The molecule has 1 aromatic heterocycles. The highest BCUT2D eigenvalue weighted by atomic mass is 32.2. The summed E-state index contributed by atoms with van der Waals surface area (Å²) >= 11 is 0. The van der Waals surface area contributed by atoms with Gasteiger partial charge in [0, 0.05) is 12.6 Å². The number of rotatable bonds is 6. The maximum absolute atomic E-state index is 12.3. The normalized spacial score (nSPS) is 17.1. The first-order valence-electron chi connectivity index (χ1n) is 7.81. The Morgan fingerprint density at radius 2 is 2.08 bits per heavy atom. The average molecular weight is 345 g/mol. The SMILES string of the molecule is O=C(C[C@@H]1C=CCC1)NS(=O)(=O)c1cnn(Cc2ccccc2)c1. The molecule has 1 aromatic carbocycles. The van der Waals surface area contributed by atoms with Crippen LogP contribution in [0.1, 0.15) is 24.8 Å². The predicted octanol–water partition coefficient (Wildman–Crippen LogP) is 2.09. The van der Waals surface area contributed by atoms with Crippen LogP contribution in [0, 0.1) is 5.92 Å². The number of carbonyl (C=O) groups excluding carboxylic acids is 1. The van der Waals surface area contributed by atoms with Gasteiger partial charge >= 0.3 is 0 Å². The van der Waals surface area contributed by atoms with E-state index in [2.05, 4.69) is 9.82 Å². The maximum atomic E-state index is 12.3. The zero-order chi connectivity index (χ0) is 17.0. The van der Waals surface area contributed by atoms with E-state index in [1.54, 1.807) is 0 Å². The summed E-state index contributed by atoms with van der Waals surface area (Å²) < 4.78 is 28.2. The van der Waals surface area contributed by atoms with Gasteiger partial charge < -0.3 is 0 Å². The lowest BCUT2D eigenvalue weighted by Crippen LogP contribution is -2.31. The van der Waals surface area contributed by atoms with E-state index in [1.807, 2.05) is 42.5 Å². The molecule has 1 N–H and O–H groups in total. The molecule has 0 bridgehead atoms. The van der Waals surface area contributed by atoms with Gasteiger partial charge in [-0.3, -0.25) is 9.48 Å². The van der Waals surface area contributed by atoms with Crippen molar-refractivity contribution in [3.05, 3.63) is 60.4 Å². The molecule has 0 unspecified atom stereocenters. The number of hydrogen-bond donors (Lipinski definition) is 1. The Bertz CT molecular complexity index is 841. The number of aromatic nitrogens is 2. The summed E-state index contributed by atoms with van der Waals surface area (Å²) in [5.74, 6) is -0.358. The van der Waals surface area contributed by atoms with Gasteiger partial charge in [-0.15, -0.1) is 0 Å². The molecule has 1 aliphatic carbocycles. The van der Waals surface area contributed by atoms with Crippen molar-refractivity contribution in [1.29, 1.82) is 0 Å². The Morgan fingerprint density at radius 1 is 1.29 bits per heavy atom. The second-order valence-corrected chi connectivity index (χ2v) is 7.54. The van der Waals surface area contributed by atoms with E-state index >= 15 is 0 Å². The van der Waals surface area contributed by atoms with Gasteiger partial charge in [0.2, 0.25) is 5.91 Å². The number of nitrogens with zero attached hydrogens (tertiary/aromatic N) is 2. The molecular weight excluding hydrogens is 326 g/mol. The van der Waals surface area contributed by atoms with Crippen molar-refractivity contribution in [1.82, 2.24) is 14.5 Å². The minimum atomic E-state index is -3.88. The van der Waals surface area contributed by atoms with Crippen molar-refractivity contribution in [3.8, 4) is 0 Å². The van der Waals surface area contributed by atoms with Crippen molar-refractivity contribution in [2.24, 2.45) is 5.92 Å². The molecule has 24 heavy (non-hydrogen) atoms. The van der Waals surface area contributed by atoms with Crippen LogP contribution in [0.4, 0.5) is 0 Å². The van der Waals surface area contributed by atoms with Crippen molar-refractivity contribution in [2.75, 3.05) is 0 Å². The van der Waals surface area contributed by atoms with Crippen LogP contribution in [0.15, 0.2) is 59.8 Å². The fourth-order valence-corrected chi connectivity index (χ4v) is 3.64. The summed E-state index contributed by atoms with van der Waals surface area (Å²) in [6.07, 6.45) is 8.68. The van der Waals surface area contributed by atoms with Gasteiger partial charge in [-0.05, 0) is 24.3 Å². The highest BCUT2D eigenvalue weighted by Crippen LogP contribution is 2.20. The third-order valence-corrected chi connectivity index (χ3v) is 5.24. The van der Waals surface area contributed by atoms with E-state index in [1.165, 1.54) is 17.1 Å². The van der Waals surface area contributed by atoms with E-state index in [0.717, 1.165) is 18.4 Å². The van der Waals surface area contributed by atoms with Gasteiger partial charge in [-0.2, -0.15) is 5.10 Å². The Hall–Kier alpha value is -2.41.